The van der Waals surface area contributed by atoms with Crippen LogP contribution in [0.5, 0.6) is 5.75 Å². The summed E-state index contributed by atoms with van der Waals surface area (Å²) in [5, 5.41) is 16.2. The molecule has 3 aromatic rings. The van der Waals surface area contributed by atoms with Crippen molar-refractivity contribution in [1.82, 2.24) is 25.5 Å². The minimum atomic E-state index is 0. The van der Waals surface area contributed by atoms with E-state index in [0.29, 0.717) is 17.4 Å². The average molecular weight is 426 g/mol. The number of nitrogens with zero attached hydrogens (tertiary/aromatic N) is 4. The third-order valence-electron chi connectivity index (χ3n) is 3.65. The fourth-order valence-electron chi connectivity index (χ4n) is 2.30. The van der Waals surface area contributed by atoms with Crippen LogP contribution in [0.15, 0.2) is 53.7 Å². The third-order valence-corrected chi connectivity index (χ3v) is 4.96. The minimum Gasteiger partial charge on any atom is -0.487 e. The number of thioether (sulfide) groups is 1. The Labute approximate surface area is 174 Å². The van der Waals surface area contributed by atoms with Crippen molar-refractivity contribution in [2.45, 2.75) is 18.3 Å². The zero-order valence-corrected chi connectivity index (χ0v) is 17.2. The zero-order valence-electron chi connectivity index (χ0n) is 14.8. The third kappa shape index (κ3) is 6.70. The van der Waals surface area contributed by atoms with Gasteiger partial charge in [-0.25, -0.2) is 4.68 Å². The molecule has 2 aromatic carbocycles. The van der Waals surface area contributed by atoms with E-state index in [2.05, 4.69) is 20.8 Å². The molecule has 0 saturated carbocycles. The summed E-state index contributed by atoms with van der Waals surface area (Å²) in [6.07, 6.45) is 0. The SMILES string of the molecule is Cl.Cn1nnnc1SCCNCc1ccc(OCc2ccccc2)c(Cl)c1. The zero-order chi connectivity index (χ0) is 18.2. The van der Waals surface area contributed by atoms with Gasteiger partial charge in [0.2, 0.25) is 5.16 Å². The second-order valence-corrected chi connectivity index (χ2v) is 7.12. The molecule has 0 spiro atoms. The van der Waals surface area contributed by atoms with E-state index in [1.165, 1.54) is 0 Å². The van der Waals surface area contributed by atoms with Crippen LogP contribution >= 0.6 is 35.8 Å². The normalized spacial score (nSPS) is 10.4. The summed E-state index contributed by atoms with van der Waals surface area (Å²) >= 11 is 7.96. The molecule has 0 radical (unpaired) electrons. The highest BCUT2D eigenvalue weighted by molar-refractivity contribution is 7.99. The van der Waals surface area contributed by atoms with Crippen LogP contribution in [0, 0.1) is 0 Å². The Morgan fingerprint density at radius 3 is 2.67 bits per heavy atom. The van der Waals surface area contributed by atoms with Gasteiger partial charge in [-0.15, -0.1) is 17.5 Å². The predicted octanol–water partition coefficient (Wildman–Crippen LogP) is 3.75. The van der Waals surface area contributed by atoms with E-state index < -0.39 is 0 Å². The Morgan fingerprint density at radius 1 is 1.15 bits per heavy atom. The first-order valence-corrected chi connectivity index (χ1v) is 9.60. The van der Waals surface area contributed by atoms with Gasteiger partial charge in [-0.1, -0.05) is 59.8 Å². The number of tetrazole rings is 1. The quantitative estimate of drug-likeness (QED) is 0.415. The largest absolute Gasteiger partial charge is 0.487 e. The van der Waals surface area contributed by atoms with Crippen molar-refractivity contribution in [2.75, 3.05) is 12.3 Å². The van der Waals surface area contributed by atoms with Gasteiger partial charge in [0.25, 0.3) is 0 Å². The van der Waals surface area contributed by atoms with Crippen LogP contribution in [0.1, 0.15) is 11.1 Å². The van der Waals surface area contributed by atoms with Crippen LogP contribution < -0.4 is 10.1 Å². The highest BCUT2D eigenvalue weighted by Crippen LogP contribution is 2.26. The summed E-state index contributed by atoms with van der Waals surface area (Å²) in [5.41, 5.74) is 2.23. The second kappa shape index (κ2) is 11.1. The summed E-state index contributed by atoms with van der Waals surface area (Å²) in [6, 6.07) is 15.9. The molecule has 0 saturated heterocycles. The Morgan fingerprint density at radius 2 is 1.96 bits per heavy atom. The van der Waals surface area contributed by atoms with Gasteiger partial charge in [-0.3, -0.25) is 0 Å². The lowest BCUT2D eigenvalue weighted by Crippen LogP contribution is -2.16. The molecular weight excluding hydrogens is 405 g/mol. The topological polar surface area (TPSA) is 64.9 Å². The first-order chi connectivity index (χ1) is 12.7. The lowest BCUT2D eigenvalue weighted by molar-refractivity contribution is 0.306. The number of benzene rings is 2. The summed E-state index contributed by atoms with van der Waals surface area (Å²) in [6.45, 7) is 2.10. The van der Waals surface area contributed by atoms with Crippen molar-refractivity contribution in [1.29, 1.82) is 0 Å². The molecule has 1 heterocycles. The number of aryl methyl sites for hydroxylation is 1. The maximum atomic E-state index is 6.34. The standard InChI is InChI=1S/C18H20ClN5OS.ClH/c1-24-18(21-22-23-24)26-10-9-20-12-15-7-8-17(16(19)11-15)25-13-14-5-3-2-4-6-14;/h2-8,11,20H,9-10,12-13H2,1H3;1H. The lowest BCUT2D eigenvalue weighted by Gasteiger charge is -2.10. The van der Waals surface area contributed by atoms with Crippen molar-refractivity contribution < 1.29 is 4.74 Å². The van der Waals surface area contributed by atoms with Crippen LogP contribution in [0.25, 0.3) is 0 Å². The molecule has 0 atom stereocenters. The number of hydrogen-bond donors (Lipinski definition) is 1. The first kappa shape index (κ1) is 21.5. The van der Waals surface area contributed by atoms with Crippen LogP contribution in [0.3, 0.4) is 0 Å². The fraction of sp³-hybridized carbons (Fsp3) is 0.278. The van der Waals surface area contributed by atoms with Crippen LogP contribution in [0.4, 0.5) is 0 Å². The Kier molecular flexibility index (Phi) is 8.87. The van der Waals surface area contributed by atoms with Crippen LogP contribution in [-0.4, -0.2) is 32.5 Å². The van der Waals surface area contributed by atoms with E-state index >= 15 is 0 Å². The van der Waals surface area contributed by atoms with E-state index in [0.717, 1.165) is 35.1 Å². The maximum absolute atomic E-state index is 6.34. The molecular formula is C18H21Cl2N5OS. The predicted molar refractivity (Wildman–Crippen MR) is 111 cm³/mol. The van der Waals surface area contributed by atoms with Gasteiger partial charge in [0.1, 0.15) is 12.4 Å². The van der Waals surface area contributed by atoms with E-state index in [4.69, 9.17) is 16.3 Å². The van der Waals surface area contributed by atoms with Gasteiger partial charge in [-0.05, 0) is 33.7 Å². The highest BCUT2D eigenvalue weighted by Gasteiger charge is 2.05. The summed E-state index contributed by atoms with van der Waals surface area (Å²) < 4.78 is 7.46. The monoisotopic (exact) mass is 425 g/mol. The van der Waals surface area contributed by atoms with Gasteiger partial charge in [0, 0.05) is 25.9 Å². The molecule has 0 aliphatic carbocycles. The molecule has 0 fully saturated rings. The van der Waals surface area contributed by atoms with Gasteiger partial charge in [-0.2, -0.15) is 0 Å². The van der Waals surface area contributed by atoms with Crippen LogP contribution in [0.2, 0.25) is 5.02 Å². The smallest absolute Gasteiger partial charge is 0.209 e. The van der Waals surface area contributed by atoms with Gasteiger partial charge in [0.05, 0.1) is 5.02 Å². The van der Waals surface area contributed by atoms with Crippen LogP contribution in [-0.2, 0) is 20.2 Å². The molecule has 9 heteroatoms. The molecule has 3 rings (SSSR count). The molecule has 1 N–H and O–H groups in total. The molecule has 0 amide bonds. The fourth-order valence-corrected chi connectivity index (χ4v) is 3.30. The van der Waals surface area contributed by atoms with E-state index in [-0.39, 0.29) is 12.4 Å². The van der Waals surface area contributed by atoms with Crippen molar-refractivity contribution >= 4 is 35.8 Å². The molecule has 1 aromatic heterocycles. The molecule has 27 heavy (non-hydrogen) atoms. The van der Waals surface area contributed by atoms with Crippen molar-refractivity contribution in [3.8, 4) is 5.75 Å². The first-order valence-electron chi connectivity index (χ1n) is 8.23. The Balaban J connectivity index is 0.00000261. The highest BCUT2D eigenvalue weighted by atomic mass is 35.5. The minimum absolute atomic E-state index is 0. The number of halogens is 2. The van der Waals surface area contributed by atoms with Gasteiger partial charge in [0.15, 0.2) is 0 Å². The van der Waals surface area contributed by atoms with E-state index in [1.807, 2.05) is 55.6 Å². The summed E-state index contributed by atoms with van der Waals surface area (Å²) in [5.74, 6) is 1.59. The van der Waals surface area contributed by atoms with Crippen molar-refractivity contribution in [3.05, 3.63) is 64.7 Å². The second-order valence-electron chi connectivity index (χ2n) is 5.65. The van der Waals surface area contributed by atoms with E-state index in [1.54, 1.807) is 16.4 Å². The Bertz CT molecular complexity index is 832. The van der Waals surface area contributed by atoms with Crippen molar-refractivity contribution in [3.63, 3.8) is 0 Å². The number of hydrogen-bond acceptors (Lipinski definition) is 6. The summed E-state index contributed by atoms with van der Waals surface area (Å²) in [7, 11) is 1.83. The number of aromatic nitrogens is 4. The van der Waals surface area contributed by atoms with E-state index in [9.17, 15) is 0 Å². The molecule has 0 aliphatic heterocycles. The molecule has 0 aliphatic rings. The van der Waals surface area contributed by atoms with Gasteiger partial charge < -0.3 is 10.1 Å². The van der Waals surface area contributed by atoms with Crippen molar-refractivity contribution in [2.24, 2.45) is 7.05 Å². The lowest BCUT2D eigenvalue weighted by atomic mass is 10.2. The number of nitrogens with one attached hydrogen (secondary N) is 1. The Hall–Kier alpha value is -1.80. The number of rotatable bonds is 9. The molecule has 6 nitrogen and oxygen atoms in total. The molecule has 144 valence electrons. The molecule has 0 bridgehead atoms. The molecule has 0 unspecified atom stereocenters. The number of ether oxygens (including phenoxy) is 1. The maximum Gasteiger partial charge on any atom is 0.209 e. The summed E-state index contributed by atoms with van der Waals surface area (Å²) in [4.78, 5) is 0. The average Bonchev–Trinajstić information content (AvgIpc) is 3.06. The van der Waals surface area contributed by atoms with Gasteiger partial charge >= 0.3 is 0 Å².